The van der Waals surface area contributed by atoms with Crippen molar-refractivity contribution in [3.05, 3.63) is 35.9 Å². The number of nitrogens with zero attached hydrogens (tertiary/aromatic N) is 1. The predicted octanol–water partition coefficient (Wildman–Crippen LogP) is 2.99. The molecule has 1 saturated heterocycles. The molecule has 25 heavy (non-hydrogen) atoms. The van der Waals surface area contributed by atoms with Crippen molar-refractivity contribution in [1.82, 2.24) is 10.6 Å². The van der Waals surface area contributed by atoms with Crippen molar-refractivity contribution in [1.29, 1.82) is 0 Å². The maximum absolute atomic E-state index is 5.87. The molecular weight excluding hydrogens is 429 g/mol. The van der Waals surface area contributed by atoms with Gasteiger partial charge in [0.2, 0.25) is 0 Å². The van der Waals surface area contributed by atoms with Gasteiger partial charge in [-0.1, -0.05) is 30.3 Å². The molecule has 0 unspecified atom stereocenters. The van der Waals surface area contributed by atoms with E-state index in [0.29, 0.717) is 6.10 Å². The lowest BCUT2D eigenvalue weighted by atomic mass is 10.1. The van der Waals surface area contributed by atoms with Crippen LogP contribution < -0.4 is 10.6 Å². The van der Waals surface area contributed by atoms with E-state index >= 15 is 0 Å². The Kier molecular flexibility index (Phi) is 12.7. The lowest BCUT2D eigenvalue weighted by Gasteiger charge is -2.22. The Hall–Kier alpha value is -0.860. The first kappa shape index (κ1) is 22.2. The smallest absolute Gasteiger partial charge is 0.191 e. The Labute approximate surface area is 169 Å². The number of ether oxygens (including phenoxy) is 2. The summed E-state index contributed by atoms with van der Waals surface area (Å²) in [6, 6.07) is 10.5. The van der Waals surface area contributed by atoms with Gasteiger partial charge in [-0.3, -0.25) is 4.99 Å². The van der Waals surface area contributed by atoms with Crippen molar-refractivity contribution >= 4 is 29.9 Å². The van der Waals surface area contributed by atoms with E-state index in [2.05, 4.69) is 46.8 Å². The van der Waals surface area contributed by atoms with Crippen molar-refractivity contribution in [3.8, 4) is 0 Å². The third kappa shape index (κ3) is 10.0. The van der Waals surface area contributed by atoms with Gasteiger partial charge in [-0.05, 0) is 38.2 Å². The number of benzene rings is 1. The number of nitrogens with one attached hydrogen (secondary N) is 2. The van der Waals surface area contributed by atoms with Crippen molar-refractivity contribution in [2.45, 2.75) is 38.7 Å². The second-order valence-electron chi connectivity index (χ2n) is 5.96. The minimum Gasteiger partial charge on any atom is -0.381 e. The molecule has 0 aromatic heterocycles. The standard InChI is InChI=1S/C19H31N3O2.HI/c1-2-20-19(22-13-9-17-7-4-3-5-8-17)21-12-6-14-24-18-10-15-23-16-11-18;/h3-5,7-8,18H,2,6,9-16H2,1H3,(H2,20,21,22);1H. The summed E-state index contributed by atoms with van der Waals surface area (Å²) < 4.78 is 11.2. The lowest BCUT2D eigenvalue weighted by molar-refractivity contribution is -0.0318. The fraction of sp³-hybridized carbons (Fsp3) is 0.632. The van der Waals surface area contributed by atoms with E-state index in [1.165, 1.54) is 5.56 Å². The van der Waals surface area contributed by atoms with Gasteiger partial charge in [-0.2, -0.15) is 0 Å². The molecule has 1 aromatic carbocycles. The normalized spacial score (nSPS) is 15.5. The van der Waals surface area contributed by atoms with Gasteiger partial charge >= 0.3 is 0 Å². The second kappa shape index (κ2) is 14.3. The lowest BCUT2D eigenvalue weighted by Crippen LogP contribution is -2.38. The SMILES string of the molecule is CCNC(=NCCCOC1CCOCC1)NCCc1ccccc1.I. The van der Waals surface area contributed by atoms with Crippen LogP contribution in [-0.2, 0) is 15.9 Å². The van der Waals surface area contributed by atoms with Crippen LogP contribution in [0.1, 0.15) is 31.7 Å². The van der Waals surface area contributed by atoms with Crippen LogP contribution in [0.4, 0.5) is 0 Å². The highest BCUT2D eigenvalue weighted by atomic mass is 127. The molecule has 1 aliphatic heterocycles. The van der Waals surface area contributed by atoms with Crippen molar-refractivity contribution in [2.24, 2.45) is 4.99 Å². The fourth-order valence-corrected chi connectivity index (χ4v) is 2.66. The Morgan fingerprint density at radius 2 is 1.96 bits per heavy atom. The zero-order valence-electron chi connectivity index (χ0n) is 15.2. The van der Waals surface area contributed by atoms with Gasteiger partial charge in [0.25, 0.3) is 0 Å². The van der Waals surface area contributed by atoms with Gasteiger partial charge in [-0.15, -0.1) is 24.0 Å². The third-order valence-corrected chi connectivity index (χ3v) is 3.99. The van der Waals surface area contributed by atoms with Gasteiger partial charge < -0.3 is 20.1 Å². The first-order chi connectivity index (χ1) is 11.9. The van der Waals surface area contributed by atoms with Crippen LogP contribution in [0, 0.1) is 0 Å². The number of aliphatic imine (C=N–C) groups is 1. The number of guanidine groups is 1. The highest BCUT2D eigenvalue weighted by Crippen LogP contribution is 2.10. The molecule has 5 nitrogen and oxygen atoms in total. The van der Waals surface area contributed by atoms with E-state index in [0.717, 1.165) is 71.1 Å². The van der Waals surface area contributed by atoms with E-state index in [1.807, 2.05) is 6.07 Å². The average molecular weight is 461 g/mol. The number of hydrogen-bond donors (Lipinski definition) is 2. The summed E-state index contributed by atoms with van der Waals surface area (Å²) in [7, 11) is 0. The quantitative estimate of drug-likeness (QED) is 0.257. The van der Waals surface area contributed by atoms with Crippen LogP contribution in [0.2, 0.25) is 0 Å². The molecule has 142 valence electrons. The summed E-state index contributed by atoms with van der Waals surface area (Å²) in [5.41, 5.74) is 1.34. The molecule has 0 amide bonds. The van der Waals surface area contributed by atoms with Crippen LogP contribution in [-0.4, -0.2) is 51.5 Å². The van der Waals surface area contributed by atoms with Gasteiger partial charge in [0.05, 0.1) is 6.10 Å². The summed E-state index contributed by atoms with van der Waals surface area (Å²) in [6.45, 7) is 7.06. The van der Waals surface area contributed by atoms with Crippen molar-refractivity contribution in [3.63, 3.8) is 0 Å². The molecule has 1 fully saturated rings. The molecule has 0 atom stereocenters. The van der Waals surface area contributed by atoms with Crippen LogP contribution >= 0.6 is 24.0 Å². The Bertz CT molecular complexity index is 465. The summed E-state index contributed by atoms with van der Waals surface area (Å²) in [5, 5.41) is 6.68. The zero-order valence-corrected chi connectivity index (χ0v) is 17.5. The third-order valence-electron chi connectivity index (χ3n) is 3.99. The summed E-state index contributed by atoms with van der Waals surface area (Å²) in [4.78, 5) is 4.62. The molecule has 0 aliphatic carbocycles. The topological polar surface area (TPSA) is 54.9 Å². The molecular formula is C19H32IN3O2. The molecule has 2 rings (SSSR count). The number of rotatable bonds is 9. The number of halogens is 1. The molecule has 0 spiro atoms. The first-order valence-electron chi connectivity index (χ1n) is 9.14. The van der Waals surface area contributed by atoms with Crippen LogP contribution in [0.25, 0.3) is 0 Å². The Balaban J connectivity index is 0.00000312. The monoisotopic (exact) mass is 461 g/mol. The van der Waals surface area contributed by atoms with Gasteiger partial charge in [0.15, 0.2) is 5.96 Å². The van der Waals surface area contributed by atoms with Crippen molar-refractivity contribution < 1.29 is 9.47 Å². The van der Waals surface area contributed by atoms with Gasteiger partial charge in [0.1, 0.15) is 0 Å². The van der Waals surface area contributed by atoms with Gasteiger partial charge in [0, 0.05) is 39.5 Å². The summed E-state index contributed by atoms with van der Waals surface area (Å²) in [5.74, 6) is 0.888. The average Bonchev–Trinajstić information content (AvgIpc) is 2.63. The minimum absolute atomic E-state index is 0. The predicted molar refractivity (Wildman–Crippen MR) is 114 cm³/mol. The van der Waals surface area contributed by atoms with E-state index < -0.39 is 0 Å². The highest BCUT2D eigenvalue weighted by Gasteiger charge is 2.13. The van der Waals surface area contributed by atoms with E-state index in [4.69, 9.17) is 9.47 Å². The molecule has 0 bridgehead atoms. The molecule has 6 heteroatoms. The van der Waals surface area contributed by atoms with Crippen LogP contribution in [0.3, 0.4) is 0 Å². The Morgan fingerprint density at radius 1 is 1.20 bits per heavy atom. The zero-order chi connectivity index (χ0) is 16.9. The van der Waals surface area contributed by atoms with E-state index in [-0.39, 0.29) is 24.0 Å². The maximum Gasteiger partial charge on any atom is 0.191 e. The van der Waals surface area contributed by atoms with E-state index in [1.54, 1.807) is 0 Å². The maximum atomic E-state index is 5.87. The minimum atomic E-state index is 0. The van der Waals surface area contributed by atoms with E-state index in [9.17, 15) is 0 Å². The largest absolute Gasteiger partial charge is 0.381 e. The Morgan fingerprint density at radius 3 is 2.68 bits per heavy atom. The summed E-state index contributed by atoms with van der Waals surface area (Å²) >= 11 is 0. The molecule has 1 aliphatic rings. The second-order valence-corrected chi connectivity index (χ2v) is 5.96. The molecule has 1 heterocycles. The number of hydrogen-bond acceptors (Lipinski definition) is 3. The van der Waals surface area contributed by atoms with Crippen LogP contribution in [0.5, 0.6) is 0 Å². The molecule has 2 N–H and O–H groups in total. The summed E-state index contributed by atoms with van der Waals surface area (Å²) in [6.07, 6.45) is 4.37. The molecule has 1 aromatic rings. The molecule has 0 saturated carbocycles. The van der Waals surface area contributed by atoms with Gasteiger partial charge in [-0.25, -0.2) is 0 Å². The first-order valence-corrected chi connectivity index (χ1v) is 9.14. The molecule has 0 radical (unpaired) electrons. The highest BCUT2D eigenvalue weighted by molar-refractivity contribution is 14.0. The van der Waals surface area contributed by atoms with Crippen molar-refractivity contribution in [2.75, 3.05) is 39.5 Å². The fourth-order valence-electron chi connectivity index (χ4n) is 2.66. The van der Waals surface area contributed by atoms with Crippen LogP contribution in [0.15, 0.2) is 35.3 Å².